The molecule has 132 valence electrons. The molecule has 6 heteroatoms. The molecule has 1 aromatic heterocycles. The van der Waals surface area contributed by atoms with Crippen LogP contribution in [-0.2, 0) is 4.79 Å². The molecule has 1 aliphatic heterocycles. The van der Waals surface area contributed by atoms with E-state index in [0.29, 0.717) is 36.0 Å². The average molecular weight is 379 g/mol. The van der Waals surface area contributed by atoms with Crippen LogP contribution >= 0.6 is 23.2 Å². The minimum Gasteiger partial charge on any atom is -0.481 e. The van der Waals surface area contributed by atoms with Crippen LogP contribution in [0.4, 0.5) is 0 Å². The first-order valence-corrected chi connectivity index (χ1v) is 9.05. The lowest BCUT2D eigenvalue weighted by atomic mass is 9.93. The Bertz CT molecular complexity index is 757. The maximum atomic E-state index is 11.2. The maximum absolute atomic E-state index is 11.2. The number of benzene rings is 1. The maximum Gasteiger partial charge on any atom is 0.306 e. The van der Waals surface area contributed by atoms with Crippen molar-refractivity contribution in [3.05, 3.63) is 63.4 Å². The molecule has 1 unspecified atom stereocenters. The van der Waals surface area contributed by atoms with Crippen LogP contribution in [-0.4, -0.2) is 34.0 Å². The van der Waals surface area contributed by atoms with E-state index in [9.17, 15) is 9.90 Å². The molecule has 0 saturated carbocycles. The highest BCUT2D eigenvalue weighted by molar-refractivity contribution is 6.35. The lowest BCUT2D eigenvalue weighted by molar-refractivity contribution is -0.143. The zero-order valence-electron chi connectivity index (χ0n) is 14.0. The van der Waals surface area contributed by atoms with Gasteiger partial charge in [0.05, 0.1) is 17.7 Å². The minimum atomic E-state index is -0.714. The van der Waals surface area contributed by atoms with E-state index in [2.05, 4.69) is 9.88 Å². The second-order valence-electron chi connectivity index (χ2n) is 6.48. The van der Waals surface area contributed by atoms with E-state index in [1.54, 1.807) is 6.07 Å². The van der Waals surface area contributed by atoms with E-state index < -0.39 is 5.97 Å². The molecule has 0 aliphatic carbocycles. The molecule has 1 N–H and O–H groups in total. The average Bonchev–Trinajstić information content (AvgIpc) is 2.59. The second-order valence-corrected chi connectivity index (χ2v) is 7.32. The molecule has 0 amide bonds. The van der Waals surface area contributed by atoms with E-state index in [-0.39, 0.29) is 12.0 Å². The molecule has 1 atom stereocenters. The third-order valence-electron chi connectivity index (χ3n) is 4.72. The minimum absolute atomic E-state index is 0.111. The summed E-state index contributed by atoms with van der Waals surface area (Å²) >= 11 is 12.5. The van der Waals surface area contributed by atoms with E-state index in [0.717, 1.165) is 16.8 Å². The molecule has 0 bridgehead atoms. The normalized spacial score (nSPS) is 17.4. The first kappa shape index (κ1) is 18.2. The number of hydrogen-bond donors (Lipinski definition) is 1. The molecule has 1 aromatic carbocycles. The Balaban J connectivity index is 1.95. The van der Waals surface area contributed by atoms with Crippen LogP contribution in [0.2, 0.25) is 10.0 Å². The van der Waals surface area contributed by atoms with Gasteiger partial charge in [-0.2, -0.15) is 0 Å². The Labute approximate surface area is 157 Å². The second kappa shape index (κ2) is 7.73. The first-order valence-electron chi connectivity index (χ1n) is 8.30. The fourth-order valence-electron chi connectivity index (χ4n) is 3.31. The Kier molecular flexibility index (Phi) is 5.62. The van der Waals surface area contributed by atoms with Crippen LogP contribution in [0.5, 0.6) is 0 Å². The van der Waals surface area contributed by atoms with Gasteiger partial charge in [-0.1, -0.05) is 35.3 Å². The Morgan fingerprint density at radius 1 is 1.24 bits per heavy atom. The SMILES string of the molecule is Cc1ccc(C(c2ccc(Cl)cc2Cl)N2CCC(C(=O)O)CC2)nc1. The third-order valence-corrected chi connectivity index (χ3v) is 5.28. The van der Waals surface area contributed by atoms with E-state index in [1.165, 1.54) is 0 Å². The summed E-state index contributed by atoms with van der Waals surface area (Å²) in [4.78, 5) is 18.1. The number of rotatable bonds is 4. The molecule has 1 fully saturated rings. The summed E-state index contributed by atoms with van der Waals surface area (Å²) in [6, 6.07) is 9.43. The van der Waals surface area contributed by atoms with Crippen molar-refractivity contribution in [1.29, 1.82) is 0 Å². The van der Waals surface area contributed by atoms with Gasteiger partial charge in [-0.25, -0.2) is 0 Å². The van der Waals surface area contributed by atoms with Gasteiger partial charge in [0, 0.05) is 16.2 Å². The lowest BCUT2D eigenvalue weighted by Gasteiger charge is -2.36. The number of likely N-dealkylation sites (tertiary alicyclic amines) is 1. The highest BCUT2D eigenvalue weighted by Crippen LogP contribution is 2.36. The molecule has 1 aliphatic rings. The smallest absolute Gasteiger partial charge is 0.306 e. The fourth-order valence-corrected chi connectivity index (χ4v) is 3.82. The monoisotopic (exact) mass is 378 g/mol. The van der Waals surface area contributed by atoms with Gasteiger partial charge in [-0.05, 0) is 62.2 Å². The number of nitrogens with zero attached hydrogens (tertiary/aromatic N) is 2. The third kappa shape index (κ3) is 4.14. The summed E-state index contributed by atoms with van der Waals surface area (Å²) in [7, 11) is 0. The van der Waals surface area contributed by atoms with Gasteiger partial charge in [0.2, 0.25) is 0 Å². The predicted octanol–water partition coefficient (Wildman–Crippen LogP) is 4.58. The molecule has 4 nitrogen and oxygen atoms in total. The first-order chi connectivity index (χ1) is 12.0. The van der Waals surface area contributed by atoms with Crippen LogP contribution in [0, 0.1) is 12.8 Å². The summed E-state index contributed by atoms with van der Waals surface area (Å²) in [5.74, 6) is -0.988. The number of carbonyl (C=O) groups is 1. The van der Waals surface area contributed by atoms with Gasteiger partial charge in [-0.15, -0.1) is 0 Å². The van der Waals surface area contributed by atoms with Crippen LogP contribution in [0.25, 0.3) is 0 Å². The van der Waals surface area contributed by atoms with Gasteiger partial charge in [0.25, 0.3) is 0 Å². The Morgan fingerprint density at radius 2 is 1.96 bits per heavy atom. The molecule has 2 aromatic rings. The van der Waals surface area contributed by atoms with Crippen molar-refractivity contribution >= 4 is 29.2 Å². The lowest BCUT2D eigenvalue weighted by Crippen LogP contribution is -2.39. The Morgan fingerprint density at radius 3 is 2.52 bits per heavy atom. The van der Waals surface area contributed by atoms with Gasteiger partial charge in [-0.3, -0.25) is 14.7 Å². The van der Waals surface area contributed by atoms with Crippen LogP contribution in [0.1, 0.15) is 35.7 Å². The Hall–Kier alpha value is -1.62. The largest absolute Gasteiger partial charge is 0.481 e. The summed E-state index contributed by atoms with van der Waals surface area (Å²) < 4.78 is 0. The molecule has 1 saturated heterocycles. The number of pyridine rings is 1. The van der Waals surface area contributed by atoms with Gasteiger partial charge < -0.3 is 5.11 Å². The van der Waals surface area contributed by atoms with E-state index in [4.69, 9.17) is 23.2 Å². The van der Waals surface area contributed by atoms with Crippen molar-refractivity contribution in [1.82, 2.24) is 9.88 Å². The number of aliphatic carboxylic acids is 1. The van der Waals surface area contributed by atoms with Crippen molar-refractivity contribution in [3.8, 4) is 0 Å². The number of aromatic nitrogens is 1. The molecular weight excluding hydrogens is 359 g/mol. The fraction of sp³-hybridized carbons (Fsp3) is 0.368. The molecular formula is C19H20Cl2N2O2. The van der Waals surface area contributed by atoms with Gasteiger partial charge in [0.15, 0.2) is 0 Å². The van der Waals surface area contributed by atoms with Crippen LogP contribution in [0.3, 0.4) is 0 Å². The van der Waals surface area contributed by atoms with Gasteiger partial charge >= 0.3 is 5.97 Å². The number of piperidine rings is 1. The zero-order valence-corrected chi connectivity index (χ0v) is 15.5. The van der Waals surface area contributed by atoms with Crippen molar-refractivity contribution in [3.63, 3.8) is 0 Å². The summed E-state index contributed by atoms with van der Waals surface area (Å²) in [6.07, 6.45) is 3.10. The highest BCUT2D eigenvalue weighted by atomic mass is 35.5. The van der Waals surface area contributed by atoms with E-state index in [1.807, 2.05) is 37.4 Å². The number of halogens is 2. The van der Waals surface area contributed by atoms with Crippen molar-refractivity contribution < 1.29 is 9.90 Å². The van der Waals surface area contributed by atoms with Crippen LogP contribution < -0.4 is 0 Å². The molecule has 2 heterocycles. The predicted molar refractivity (Wildman–Crippen MR) is 99.2 cm³/mol. The molecule has 0 radical (unpaired) electrons. The van der Waals surface area contributed by atoms with E-state index >= 15 is 0 Å². The summed E-state index contributed by atoms with van der Waals surface area (Å²) in [5.41, 5.74) is 2.94. The van der Waals surface area contributed by atoms with Crippen molar-refractivity contribution in [2.24, 2.45) is 5.92 Å². The number of carboxylic acids is 1. The highest BCUT2D eigenvalue weighted by Gasteiger charge is 2.31. The standard InChI is InChI=1S/C19H20Cl2N2O2/c1-12-2-5-17(22-11-12)18(15-4-3-14(20)10-16(15)21)23-8-6-13(7-9-23)19(24)25/h2-5,10-11,13,18H,6-9H2,1H3,(H,24,25). The quantitative estimate of drug-likeness (QED) is 0.845. The van der Waals surface area contributed by atoms with Gasteiger partial charge in [0.1, 0.15) is 0 Å². The van der Waals surface area contributed by atoms with Crippen LogP contribution in [0.15, 0.2) is 36.5 Å². The summed E-state index contributed by atoms with van der Waals surface area (Å²) in [6.45, 7) is 3.38. The summed E-state index contributed by atoms with van der Waals surface area (Å²) in [5, 5.41) is 10.4. The molecule has 25 heavy (non-hydrogen) atoms. The number of aryl methyl sites for hydroxylation is 1. The van der Waals surface area contributed by atoms with Crippen molar-refractivity contribution in [2.75, 3.05) is 13.1 Å². The number of carboxylic acid groups (broad SMARTS) is 1. The zero-order chi connectivity index (χ0) is 18.0. The topological polar surface area (TPSA) is 53.4 Å². The number of hydrogen-bond acceptors (Lipinski definition) is 3. The molecule has 3 rings (SSSR count). The molecule has 0 spiro atoms. The van der Waals surface area contributed by atoms with Crippen molar-refractivity contribution in [2.45, 2.75) is 25.8 Å².